The molecule has 0 spiro atoms. The Morgan fingerprint density at radius 2 is 1.93 bits per heavy atom. The van der Waals surface area contributed by atoms with Gasteiger partial charge >= 0.3 is 0 Å². The van der Waals surface area contributed by atoms with Crippen LogP contribution >= 0.6 is 11.8 Å². The number of benzene rings is 2. The highest BCUT2D eigenvalue weighted by Gasteiger charge is 2.34. The molecule has 2 heterocycles. The normalized spacial score (nSPS) is 16.1. The zero-order valence-electron chi connectivity index (χ0n) is 16.2. The third-order valence-corrected chi connectivity index (χ3v) is 5.90. The second-order valence-electron chi connectivity index (χ2n) is 6.89. The van der Waals surface area contributed by atoms with Gasteiger partial charge in [-0.25, -0.2) is 0 Å². The van der Waals surface area contributed by atoms with E-state index >= 15 is 0 Å². The molecular formula is C22H21N3O3S. The maximum atomic E-state index is 12.6. The standard InChI is InChI=1S/C22H21N3O3S/c1-24(2)17-8-10-18(11-9-17)25-20(26)14-29-22(25)15-5-3-6-16(13-15)23-21(27)19-7-4-12-28-19/h3-13,22H,14H2,1-2H3,(H,23,27). The second-order valence-corrected chi connectivity index (χ2v) is 7.96. The van der Waals surface area contributed by atoms with Crippen molar-refractivity contribution in [1.82, 2.24) is 0 Å². The van der Waals surface area contributed by atoms with Crippen molar-refractivity contribution in [3.8, 4) is 0 Å². The lowest BCUT2D eigenvalue weighted by atomic mass is 10.1. The van der Waals surface area contributed by atoms with Crippen molar-refractivity contribution in [2.45, 2.75) is 5.37 Å². The molecule has 1 saturated heterocycles. The van der Waals surface area contributed by atoms with Crippen LogP contribution in [0, 0.1) is 0 Å². The Balaban J connectivity index is 1.58. The molecule has 4 rings (SSSR count). The van der Waals surface area contributed by atoms with Gasteiger partial charge in [0.2, 0.25) is 5.91 Å². The largest absolute Gasteiger partial charge is 0.459 e. The van der Waals surface area contributed by atoms with Crippen LogP contribution < -0.4 is 15.1 Å². The average Bonchev–Trinajstić information content (AvgIpc) is 3.38. The van der Waals surface area contributed by atoms with Crippen molar-refractivity contribution in [2.24, 2.45) is 0 Å². The molecule has 2 amide bonds. The van der Waals surface area contributed by atoms with Crippen LogP contribution in [0.5, 0.6) is 0 Å². The zero-order chi connectivity index (χ0) is 20.4. The minimum absolute atomic E-state index is 0.0719. The number of carbonyl (C=O) groups excluding carboxylic acids is 2. The van der Waals surface area contributed by atoms with E-state index in [2.05, 4.69) is 5.32 Å². The van der Waals surface area contributed by atoms with E-state index in [1.807, 2.05) is 72.4 Å². The predicted octanol–water partition coefficient (Wildman–Crippen LogP) is 4.38. The molecule has 1 aliphatic heterocycles. The van der Waals surface area contributed by atoms with Crippen LogP contribution in [-0.2, 0) is 4.79 Å². The molecule has 29 heavy (non-hydrogen) atoms. The summed E-state index contributed by atoms with van der Waals surface area (Å²) in [6.45, 7) is 0. The summed E-state index contributed by atoms with van der Waals surface area (Å²) in [6.07, 6.45) is 1.46. The fraction of sp³-hybridized carbons (Fsp3) is 0.182. The SMILES string of the molecule is CN(C)c1ccc(N2C(=O)CSC2c2cccc(NC(=O)c3ccco3)c2)cc1. The lowest BCUT2D eigenvalue weighted by molar-refractivity contribution is -0.115. The first-order valence-corrected chi connectivity index (χ1v) is 10.2. The molecule has 0 radical (unpaired) electrons. The molecular weight excluding hydrogens is 386 g/mol. The van der Waals surface area contributed by atoms with E-state index in [0.29, 0.717) is 11.4 Å². The van der Waals surface area contributed by atoms with Gasteiger partial charge in [-0.2, -0.15) is 0 Å². The first kappa shape index (κ1) is 19.1. The maximum absolute atomic E-state index is 12.6. The lowest BCUT2D eigenvalue weighted by Crippen LogP contribution is -2.27. The molecule has 7 heteroatoms. The smallest absolute Gasteiger partial charge is 0.291 e. The number of anilines is 3. The van der Waals surface area contributed by atoms with Crippen LogP contribution in [0.3, 0.4) is 0 Å². The van der Waals surface area contributed by atoms with E-state index in [-0.39, 0.29) is 22.9 Å². The number of nitrogens with one attached hydrogen (secondary N) is 1. The first-order valence-electron chi connectivity index (χ1n) is 9.19. The van der Waals surface area contributed by atoms with E-state index in [1.54, 1.807) is 23.9 Å². The minimum Gasteiger partial charge on any atom is -0.459 e. The summed E-state index contributed by atoms with van der Waals surface area (Å²) in [5, 5.41) is 2.70. The molecule has 6 nitrogen and oxygen atoms in total. The number of thioether (sulfide) groups is 1. The summed E-state index contributed by atoms with van der Waals surface area (Å²) in [6, 6.07) is 18.8. The van der Waals surface area contributed by atoms with Gasteiger partial charge in [0.05, 0.1) is 12.0 Å². The molecule has 148 valence electrons. The van der Waals surface area contributed by atoms with E-state index in [9.17, 15) is 9.59 Å². The van der Waals surface area contributed by atoms with Gasteiger partial charge in [0.1, 0.15) is 5.37 Å². The fourth-order valence-corrected chi connectivity index (χ4v) is 4.40. The van der Waals surface area contributed by atoms with Gasteiger partial charge in [-0.3, -0.25) is 14.5 Å². The third kappa shape index (κ3) is 4.00. The number of furan rings is 1. The van der Waals surface area contributed by atoms with Crippen LogP contribution in [0.15, 0.2) is 71.3 Å². The average molecular weight is 407 g/mol. The minimum atomic E-state index is -0.307. The van der Waals surface area contributed by atoms with Crippen molar-refractivity contribution >= 4 is 40.6 Å². The number of carbonyl (C=O) groups is 2. The Kier molecular flexibility index (Phi) is 5.31. The first-order chi connectivity index (χ1) is 14.0. The second kappa shape index (κ2) is 8.05. The number of nitrogens with zero attached hydrogens (tertiary/aromatic N) is 2. The summed E-state index contributed by atoms with van der Waals surface area (Å²) in [7, 11) is 3.97. The van der Waals surface area contributed by atoms with Crippen LogP contribution in [0.4, 0.5) is 17.1 Å². The molecule has 0 saturated carbocycles. The fourth-order valence-electron chi connectivity index (χ4n) is 3.23. The Morgan fingerprint density at radius 1 is 1.14 bits per heavy atom. The van der Waals surface area contributed by atoms with Crippen LogP contribution in [-0.4, -0.2) is 31.7 Å². The maximum Gasteiger partial charge on any atom is 0.291 e. The molecule has 1 unspecified atom stereocenters. The predicted molar refractivity (Wildman–Crippen MR) is 117 cm³/mol. The quantitative estimate of drug-likeness (QED) is 0.680. The van der Waals surface area contributed by atoms with Crippen molar-refractivity contribution < 1.29 is 14.0 Å². The molecule has 1 fully saturated rings. The molecule has 2 aromatic carbocycles. The molecule has 0 aliphatic carbocycles. The van der Waals surface area contributed by atoms with Gasteiger partial charge in [0.25, 0.3) is 5.91 Å². The van der Waals surface area contributed by atoms with E-state index in [0.717, 1.165) is 16.9 Å². The number of hydrogen-bond acceptors (Lipinski definition) is 5. The monoisotopic (exact) mass is 407 g/mol. The summed E-state index contributed by atoms with van der Waals surface area (Å²) < 4.78 is 5.14. The number of amides is 2. The summed E-state index contributed by atoms with van der Waals surface area (Å²) in [5.41, 5.74) is 3.55. The van der Waals surface area contributed by atoms with Crippen molar-refractivity contribution in [3.63, 3.8) is 0 Å². The van der Waals surface area contributed by atoms with Crippen molar-refractivity contribution in [2.75, 3.05) is 35.0 Å². The zero-order valence-corrected chi connectivity index (χ0v) is 17.0. The van der Waals surface area contributed by atoms with E-state index < -0.39 is 0 Å². The van der Waals surface area contributed by atoms with E-state index in [1.165, 1.54) is 6.26 Å². The summed E-state index contributed by atoms with van der Waals surface area (Å²) in [4.78, 5) is 28.7. The Hall–Kier alpha value is -3.19. The van der Waals surface area contributed by atoms with Gasteiger partial charge in [-0.1, -0.05) is 12.1 Å². The van der Waals surface area contributed by atoms with Crippen molar-refractivity contribution in [3.05, 3.63) is 78.3 Å². The topological polar surface area (TPSA) is 65.8 Å². The van der Waals surface area contributed by atoms with Crippen LogP contribution in [0.25, 0.3) is 0 Å². The highest BCUT2D eigenvalue weighted by molar-refractivity contribution is 8.00. The Bertz CT molecular complexity index is 1020. The van der Waals surface area contributed by atoms with E-state index in [4.69, 9.17) is 4.42 Å². The molecule has 3 aromatic rings. The van der Waals surface area contributed by atoms with Crippen LogP contribution in [0.1, 0.15) is 21.5 Å². The third-order valence-electron chi connectivity index (χ3n) is 4.69. The molecule has 1 aliphatic rings. The van der Waals surface area contributed by atoms with Gasteiger partial charge in [-0.15, -0.1) is 11.8 Å². The van der Waals surface area contributed by atoms with Gasteiger partial charge in [-0.05, 0) is 54.1 Å². The molecule has 1 atom stereocenters. The highest BCUT2D eigenvalue weighted by Crippen LogP contribution is 2.42. The molecule has 1 aromatic heterocycles. The number of rotatable bonds is 5. The lowest BCUT2D eigenvalue weighted by Gasteiger charge is -2.25. The van der Waals surface area contributed by atoms with Gasteiger partial charge in [0.15, 0.2) is 5.76 Å². The van der Waals surface area contributed by atoms with Crippen LogP contribution in [0.2, 0.25) is 0 Å². The van der Waals surface area contributed by atoms with Gasteiger partial charge in [0, 0.05) is 31.2 Å². The number of hydrogen-bond donors (Lipinski definition) is 1. The Morgan fingerprint density at radius 3 is 2.62 bits per heavy atom. The van der Waals surface area contributed by atoms with Crippen molar-refractivity contribution in [1.29, 1.82) is 0 Å². The molecule has 0 bridgehead atoms. The summed E-state index contributed by atoms with van der Waals surface area (Å²) >= 11 is 1.58. The summed E-state index contributed by atoms with van der Waals surface area (Å²) in [5.74, 6) is 0.438. The van der Waals surface area contributed by atoms with Gasteiger partial charge < -0.3 is 14.6 Å². The Labute approximate surface area is 173 Å². The highest BCUT2D eigenvalue weighted by atomic mass is 32.2. The molecule has 1 N–H and O–H groups in total.